The summed E-state index contributed by atoms with van der Waals surface area (Å²) in [5, 5.41) is 5.38. The number of para-hydroxylation sites is 1. The first kappa shape index (κ1) is 27.9. The topological polar surface area (TPSA) is 123 Å². The lowest BCUT2D eigenvalue weighted by molar-refractivity contribution is -0.114. The molecule has 10 nitrogen and oxygen atoms in total. The number of benzene rings is 3. The van der Waals surface area contributed by atoms with Crippen molar-refractivity contribution in [1.82, 2.24) is 5.32 Å². The fourth-order valence-electron chi connectivity index (χ4n) is 3.86. The van der Waals surface area contributed by atoms with Crippen molar-refractivity contribution < 1.29 is 36.6 Å². The van der Waals surface area contributed by atoms with Gasteiger partial charge in [0.15, 0.2) is 11.5 Å². The molecule has 0 unspecified atom stereocenters. The Morgan fingerprint density at radius 3 is 2.46 bits per heavy atom. The minimum absolute atomic E-state index is 0.0746. The number of rotatable bonds is 11. The van der Waals surface area contributed by atoms with Crippen molar-refractivity contribution in [2.75, 3.05) is 49.6 Å². The standard InChI is InChI=1S/C27H28FN3O7S/c1-36-14-4-13-29-27(33)22-5-2-3-6-23(22)30-26(32)18-31(20-9-7-19(28)8-10-20)39(34,35)21-11-12-24-25(17-21)38-16-15-37-24/h2-3,5-12,17H,4,13-16,18H2,1H3,(H,29,33)(H,30,32). The highest BCUT2D eigenvalue weighted by Gasteiger charge is 2.29. The molecule has 0 saturated carbocycles. The molecule has 12 heteroatoms. The Labute approximate surface area is 225 Å². The third-order valence-corrected chi connectivity index (χ3v) is 7.53. The van der Waals surface area contributed by atoms with Crippen LogP contribution in [0.5, 0.6) is 11.5 Å². The van der Waals surface area contributed by atoms with E-state index in [9.17, 15) is 22.4 Å². The summed E-state index contributed by atoms with van der Waals surface area (Å²) in [6, 6.07) is 15.3. The highest BCUT2D eigenvalue weighted by molar-refractivity contribution is 7.92. The Hall–Kier alpha value is -4.16. The third-order valence-electron chi connectivity index (χ3n) is 5.76. The second kappa shape index (κ2) is 12.6. The van der Waals surface area contributed by atoms with E-state index in [0.717, 1.165) is 16.4 Å². The summed E-state index contributed by atoms with van der Waals surface area (Å²) >= 11 is 0. The second-order valence-electron chi connectivity index (χ2n) is 8.49. The van der Waals surface area contributed by atoms with Crippen molar-refractivity contribution in [2.45, 2.75) is 11.3 Å². The Morgan fingerprint density at radius 1 is 1.00 bits per heavy atom. The predicted octanol–water partition coefficient (Wildman–Crippen LogP) is 3.20. The van der Waals surface area contributed by atoms with Crippen LogP contribution in [0.2, 0.25) is 0 Å². The number of carbonyl (C=O) groups is 2. The van der Waals surface area contributed by atoms with E-state index in [4.69, 9.17) is 14.2 Å². The van der Waals surface area contributed by atoms with Crippen LogP contribution in [0.1, 0.15) is 16.8 Å². The number of methoxy groups -OCH3 is 1. The van der Waals surface area contributed by atoms with Gasteiger partial charge in [-0.15, -0.1) is 0 Å². The number of nitrogens with zero attached hydrogens (tertiary/aromatic N) is 1. The molecule has 0 aliphatic carbocycles. The number of hydrogen-bond donors (Lipinski definition) is 2. The van der Waals surface area contributed by atoms with Gasteiger partial charge < -0.3 is 24.8 Å². The van der Waals surface area contributed by atoms with Gasteiger partial charge in [0.1, 0.15) is 25.6 Å². The summed E-state index contributed by atoms with van der Waals surface area (Å²) in [4.78, 5) is 25.7. The highest BCUT2D eigenvalue weighted by atomic mass is 32.2. The van der Waals surface area contributed by atoms with E-state index in [-0.39, 0.29) is 34.2 Å². The molecule has 0 aromatic heterocycles. The molecule has 0 bridgehead atoms. The molecule has 39 heavy (non-hydrogen) atoms. The van der Waals surface area contributed by atoms with Crippen LogP contribution in [0.3, 0.4) is 0 Å². The summed E-state index contributed by atoms with van der Waals surface area (Å²) in [6.45, 7) is 0.816. The zero-order chi connectivity index (χ0) is 27.8. The van der Waals surface area contributed by atoms with Gasteiger partial charge in [-0.2, -0.15) is 0 Å². The van der Waals surface area contributed by atoms with Crippen LogP contribution in [0, 0.1) is 5.82 Å². The molecular weight excluding hydrogens is 529 g/mol. The fraction of sp³-hybridized carbons (Fsp3) is 0.259. The van der Waals surface area contributed by atoms with Gasteiger partial charge in [-0.3, -0.25) is 13.9 Å². The van der Waals surface area contributed by atoms with E-state index in [2.05, 4.69) is 10.6 Å². The molecule has 2 amide bonds. The lowest BCUT2D eigenvalue weighted by atomic mass is 10.1. The number of hydrogen-bond acceptors (Lipinski definition) is 7. The average Bonchev–Trinajstić information content (AvgIpc) is 2.94. The van der Waals surface area contributed by atoms with Crippen LogP contribution in [0.15, 0.2) is 71.6 Å². The first-order valence-corrected chi connectivity index (χ1v) is 13.6. The van der Waals surface area contributed by atoms with Gasteiger partial charge in [0.25, 0.3) is 15.9 Å². The van der Waals surface area contributed by atoms with Crippen LogP contribution in [0.4, 0.5) is 15.8 Å². The Balaban J connectivity index is 1.58. The Kier molecular flexibility index (Phi) is 8.99. The summed E-state index contributed by atoms with van der Waals surface area (Å²) in [7, 11) is -2.74. The molecule has 0 spiro atoms. The van der Waals surface area contributed by atoms with Crippen molar-refractivity contribution in [3.05, 3.63) is 78.1 Å². The highest BCUT2D eigenvalue weighted by Crippen LogP contribution is 2.34. The van der Waals surface area contributed by atoms with E-state index in [0.29, 0.717) is 31.9 Å². The molecule has 206 valence electrons. The maximum Gasteiger partial charge on any atom is 0.264 e. The molecule has 3 aromatic rings. The summed E-state index contributed by atoms with van der Waals surface area (Å²) in [5.74, 6) is -1.01. The maximum atomic E-state index is 13.7. The molecule has 2 N–H and O–H groups in total. The molecule has 1 aliphatic heterocycles. The molecule has 0 fully saturated rings. The number of sulfonamides is 1. The van der Waals surface area contributed by atoms with E-state index in [1.807, 2.05) is 0 Å². The van der Waals surface area contributed by atoms with Gasteiger partial charge in [-0.1, -0.05) is 12.1 Å². The largest absolute Gasteiger partial charge is 0.486 e. The number of carbonyl (C=O) groups excluding carboxylic acids is 2. The number of amides is 2. The monoisotopic (exact) mass is 557 g/mol. The van der Waals surface area contributed by atoms with Crippen molar-refractivity contribution in [3.63, 3.8) is 0 Å². The van der Waals surface area contributed by atoms with Crippen LogP contribution in [-0.4, -0.2) is 60.3 Å². The Bertz CT molecular complexity index is 1430. The molecule has 1 heterocycles. The first-order valence-electron chi connectivity index (χ1n) is 12.1. The SMILES string of the molecule is COCCCNC(=O)c1ccccc1NC(=O)CN(c1ccc(F)cc1)S(=O)(=O)c1ccc2c(c1)OCCO2. The number of fused-ring (bicyclic) bond motifs is 1. The molecular formula is C27H28FN3O7S. The van der Waals surface area contributed by atoms with Crippen LogP contribution in [-0.2, 0) is 19.6 Å². The summed E-state index contributed by atoms with van der Waals surface area (Å²) in [6.07, 6.45) is 0.612. The number of halogens is 1. The summed E-state index contributed by atoms with van der Waals surface area (Å²) < 4.78 is 57.9. The molecule has 1 aliphatic rings. The van der Waals surface area contributed by atoms with Gasteiger partial charge in [-0.25, -0.2) is 12.8 Å². The van der Waals surface area contributed by atoms with Gasteiger partial charge in [0.2, 0.25) is 5.91 Å². The van der Waals surface area contributed by atoms with E-state index >= 15 is 0 Å². The lowest BCUT2D eigenvalue weighted by Gasteiger charge is -2.25. The Morgan fingerprint density at radius 2 is 1.72 bits per heavy atom. The van der Waals surface area contributed by atoms with Crippen molar-refractivity contribution in [1.29, 1.82) is 0 Å². The van der Waals surface area contributed by atoms with Crippen LogP contribution >= 0.6 is 0 Å². The van der Waals surface area contributed by atoms with E-state index in [1.54, 1.807) is 31.4 Å². The predicted molar refractivity (Wildman–Crippen MR) is 142 cm³/mol. The van der Waals surface area contributed by atoms with E-state index in [1.165, 1.54) is 30.3 Å². The lowest BCUT2D eigenvalue weighted by Crippen LogP contribution is -2.38. The second-order valence-corrected chi connectivity index (χ2v) is 10.4. The van der Waals surface area contributed by atoms with Crippen LogP contribution < -0.4 is 24.4 Å². The fourth-order valence-corrected chi connectivity index (χ4v) is 5.29. The van der Waals surface area contributed by atoms with Gasteiger partial charge in [0.05, 0.1) is 21.8 Å². The van der Waals surface area contributed by atoms with E-state index < -0.39 is 34.2 Å². The minimum atomic E-state index is -4.31. The maximum absolute atomic E-state index is 13.7. The van der Waals surface area contributed by atoms with Crippen molar-refractivity contribution in [3.8, 4) is 11.5 Å². The average molecular weight is 558 g/mol. The molecule has 0 atom stereocenters. The third kappa shape index (κ3) is 6.84. The smallest absolute Gasteiger partial charge is 0.264 e. The van der Waals surface area contributed by atoms with Crippen LogP contribution in [0.25, 0.3) is 0 Å². The van der Waals surface area contributed by atoms with Gasteiger partial charge in [0, 0.05) is 26.3 Å². The summed E-state index contributed by atoms with van der Waals surface area (Å²) in [5.41, 5.74) is 0.499. The minimum Gasteiger partial charge on any atom is -0.486 e. The van der Waals surface area contributed by atoms with Crippen molar-refractivity contribution >= 4 is 33.2 Å². The number of ether oxygens (including phenoxy) is 3. The van der Waals surface area contributed by atoms with Gasteiger partial charge >= 0.3 is 0 Å². The molecule has 4 rings (SSSR count). The zero-order valence-electron chi connectivity index (χ0n) is 21.2. The number of anilines is 2. The molecule has 0 radical (unpaired) electrons. The quantitative estimate of drug-likeness (QED) is 0.347. The van der Waals surface area contributed by atoms with Crippen molar-refractivity contribution in [2.24, 2.45) is 0 Å². The normalized spacial score (nSPS) is 12.5. The number of nitrogens with one attached hydrogen (secondary N) is 2. The first-order chi connectivity index (χ1) is 18.8. The molecule has 0 saturated heterocycles. The van der Waals surface area contributed by atoms with Gasteiger partial charge in [-0.05, 0) is 55.0 Å². The zero-order valence-corrected chi connectivity index (χ0v) is 22.0. The molecule has 3 aromatic carbocycles.